The van der Waals surface area contributed by atoms with Crippen LogP contribution in [-0.4, -0.2) is 28.4 Å². The van der Waals surface area contributed by atoms with Crippen LogP contribution >= 0.6 is 34.3 Å². The molecule has 1 unspecified atom stereocenters. The third-order valence-corrected chi connectivity index (χ3v) is 7.35. The van der Waals surface area contributed by atoms with Crippen molar-refractivity contribution in [3.05, 3.63) is 86.8 Å². The van der Waals surface area contributed by atoms with Crippen molar-refractivity contribution in [3.63, 3.8) is 0 Å². The molecule has 4 aromatic rings. The summed E-state index contributed by atoms with van der Waals surface area (Å²) >= 11 is 8.78. The minimum Gasteiger partial charge on any atom is -0.503 e. The Hall–Kier alpha value is -3.20. The molecule has 1 aliphatic heterocycles. The summed E-state index contributed by atoms with van der Waals surface area (Å²) in [6, 6.07) is 15.0. The second-order valence-electron chi connectivity index (χ2n) is 7.26. The van der Waals surface area contributed by atoms with Gasteiger partial charge in [-0.1, -0.05) is 41.1 Å². The van der Waals surface area contributed by atoms with Gasteiger partial charge in [-0.15, -0.1) is 11.3 Å². The van der Waals surface area contributed by atoms with Crippen LogP contribution < -0.4 is 9.64 Å². The van der Waals surface area contributed by atoms with Gasteiger partial charge in [0.25, 0.3) is 5.91 Å². The minimum absolute atomic E-state index is 0.0129. The lowest BCUT2D eigenvalue weighted by Crippen LogP contribution is -2.30. The first-order valence-electron chi connectivity index (χ1n) is 10.1. The van der Waals surface area contributed by atoms with Crippen LogP contribution in [0.25, 0.3) is 10.2 Å². The van der Waals surface area contributed by atoms with Crippen molar-refractivity contribution < 1.29 is 19.4 Å². The number of thiazole rings is 1. The number of Topliss-reactive ketones (excluding diaryl/α,β-unsaturated/α-hetero) is 1. The number of ketones is 1. The number of nitrogens with zero attached hydrogens (tertiary/aromatic N) is 2. The van der Waals surface area contributed by atoms with Gasteiger partial charge in [0.05, 0.1) is 33.3 Å². The van der Waals surface area contributed by atoms with E-state index >= 15 is 0 Å². The van der Waals surface area contributed by atoms with Crippen molar-refractivity contribution in [1.82, 2.24) is 4.98 Å². The van der Waals surface area contributed by atoms with Crippen molar-refractivity contribution >= 4 is 61.3 Å². The highest BCUT2D eigenvalue weighted by molar-refractivity contribution is 7.22. The highest BCUT2D eigenvalue weighted by Crippen LogP contribution is 2.45. The molecule has 0 spiro atoms. The van der Waals surface area contributed by atoms with Gasteiger partial charge in [-0.3, -0.25) is 14.5 Å². The number of halogens is 1. The second-order valence-corrected chi connectivity index (χ2v) is 9.65. The predicted molar refractivity (Wildman–Crippen MR) is 131 cm³/mol. The number of anilines is 1. The number of carbonyl (C=O) groups is 2. The maximum Gasteiger partial charge on any atom is 0.296 e. The van der Waals surface area contributed by atoms with Crippen LogP contribution in [0.4, 0.5) is 5.13 Å². The van der Waals surface area contributed by atoms with E-state index in [1.54, 1.807) is 41.8 Å². The van der Waals surface area contributed by atoms with Crippen molar-refractivity contribution in [3.8, 4) is 5.75 Å². The number of amides is 1. The Morgan fingerprint density at radius 2 is 2.06 bits per heavy atom. The minimum atomic E-state index is -0.863. The van der Waals surface area contributed by atoms with Gasteiger partial charge in [0.1, 0.15) is 5.75 Å². The predicted octanol–water partition coefficient (Wildman–Crippen LogP) is 6.19. The van der Waals surface area contributed by atoms with Crippen LogP contribution in [0, 0.1) is 0 Å². The molecule has 1 amide bonds. The number of rotatable bonds is 6. The number of thiophene rings is 1. The zero-order valence-electron chi connectivity index (χ0n) is 17.3. The van der Waals surface area contributed by atoms with Crippen LogP contribution in [0.3, 0.4) is 0 Å². The average molecular weight is 497 g/mol. The maximum atomic E-state index is 13.3. The number of ether oxygens (including phenoxy) is 1. The molecular weight excluding hydrogens is 480 g/mol. The lowest BCUT2D eigenvalue weighted by molar-refractivity contribution is -0.117. The average Bonchev–Trinajstić information content (AvgIpc) is 3.52. The zero-order chi connectivity index (χ0) is 23.1. The summed E-state index contributed by atoms with van der Waals surface area (Å²) in [4.78, 5) is 33.1. The molecule has 5 rings (SSSR count). The van der Waals surface area contributed by atoms with E-state index in [4.69, 9.17) is 16.3 Å². The smallest absolute Gasteiger partial charge is 0.296 e. The summed E-state index contributed by atoms with van der Waals surface area (Å²) in [7, 11) is 0. The molecule has 2 aromatic carbocycles. The normalized spacial score (nSPS) is 16.1. The van der Waals surface area contributed by atoms with E-state index in [0.717, 1.165) is 4.70 Å². The van der Waals surface area contributed by atoms with E-state index in [1.165, 1.54) is 27.6 Å². The monoisotopic (exact) mass is 496 g/mol. The summed E-state index contributed by atoms with van der Waals surface area (Å²) in [5.74, 6) is -0.950. The van der Waals surface area contributed by atoms with Gasteiger partial charge in [-0.25, -0.2) is 4.98 Å². The van der Waals surface area contributed by atoms with E-state index < -0.39 is 23.5 Å². The van der Waals surface area contributed by atoms with Gasteiger partial charge >= 0.3 is 0 Å². The van der Waals surface area contributed by atoms with E-state index in [2.05, 4.69) is 4.98 Å². The summed E-state index contributed by atoms with van der Waals surface area (Å²) < 4.78 is 6.40. The van der Waals surface area contributed by atoms with Crippen LogP contribution in [0.1, 0.15) is 28.2 Å². The molecule has 166 valence electrons. The summed E-state index contributed by atoms with van der Waals surface area (Å²) in [6.07, 6.45) is 0. The fraction of sp³-hybridized carbons (Fsp3) is 0.125. The first-order valence-corrected chi connectivity index (χ1v) is 12.2. The Labute approximate surface area is 202 Å². The van der Waals surface area contributed by atoms with Crippen molar-refractivity contribution in [2.24, 2.45) is 0 Å². The first-order chi connectivity index (χ1) is 16.0. The topological polar surface area (TPSA) is 79.7 Å². The molecule has 9 heteroatoms. The Morgan fingerprint density at radius 1 is 1.21 bits per heavy atom. The SMILES string of the molecule is CCOc1ccc2nc(N3C(=O)C(O)=C(C(=O)c4cccs4)C3c3cccc(Cl)c3)sc2c1. The lowest BCUT2D eigenvalue weighted by Gasteiger charge is -2.24. The molecule has 0 bridgehead atoms. The number of fused-ring (bicyclic) bond motifs is 1. The summed E-state index contributed by atoms with van der Waals surface area (Å²) in [6.45, 7) is 2.44. The Bertz CT molecular complexity index is 1410. The molecule has 0 saturated carbocycles. The van der Waals surface area contributed by atoms with Gasteiger partial charge in [0, 0.05) is 5.02 Å². The van der Waals surface area contributed by atoms with Crippen LogP contribution in [0.15, 0.2) is 71.3 Å². The van der Waals surface area contributed by atoms with Crippen molar-refractivity contribution in [2.45, 2.75) is 13.0 Å². The van der Waals surface area contributed by atoms with E-state index in [9.17, 15) is 14.7 Å². The third kappa shape index (κ3) is 3.80. The number of carbonyl (C=O) groups excluding carboxylic acids is 2. The standard InChI is InChI=1S/C24H17ClN2O4S2/c1-2-31-15-8-9-16-18(12-15)33-24(26-16)27-20(13-5-3-6-14(25)11-13)19(22(29)23(27)30)21(28)17-7-4-10-32-17/h3-12,20,29H,2H2,1H3. The lowest BCUT2D eigenvalue weighted by atomic mass is 9.95. The van der Waals surface area contributed by atoms with Gasteiger partial charge < -0.3 is 9.84 Å². The Balaban J connectivity index is 1.65. The fourth-order valence-corrected chi connectivity index (χ4v) is 5.72. The summed E-state index contributed by atoms with van der Waals surface area (Å²) in [5, 5.41) is 13.4. The van der Waals surface area contributed by atoms with E-state index in [1.807, 2.05) is 25.1 Å². The highest BCUT2D eigenvalue weighted by atomic mass is 35.5. The number of aliphatic hydroxyl groups is 1. The molecule has 1 N–H and O–H groups in total. The number of benzene rings is 2. The molecule has 33 heavy (non-hydrogen) atoms. The quantitative estimate of drug-likeness (QED) is 0.322. The molecule has 0 aliphatic carbocycles. The summed E-state index contributed by atoms with van der Waals surface area (Å²) in [5.41, 5.74) is 1.31. The fourth-order valence-electron chi connectivity index (χ4n) is 3.82. The van der Waals surface area contributed by atoms with Gasteiger partial charge in [0.15, 0.2) is 10.9 Å². The second kappa shape index (κ2) is 8.62. The molecule has 0 saturated heterocycles. The molecule has 6 nitrogen and oxygen atoms in total. The molecule has 0 fully saturated rings. The number of aliphatic hydroxyl groups excluding tert-OH is 1. The molecular formula is C24H17ClN2O4S2. The molecule has 0 radical (unpaired) electrons. The van der Waals surface area contributed by atoms with Gasteiger partial charge in [0.2, 0.25) is 5.78 Å². The molecule has 3 heterocycles. The Kier molecular flexibility index (Phi) is 5.65. The van der Waals surface area contributed by atoms with E-state index in [0.29, 0.717) is 38.5 Å². The first kappa shape index (κ1) is 21.6. The van der Waals surface area contributed by atoms with Crippen molar-refractivity contribution in [2.75, 3.05) is 11.5 Å². The van der Waals surface area contributed by atoms with Gasteiger partial charge in [-0.2, -0.15) is 0 Å². The molecule has 1 aliphatic rings. The highest BCUT2D eigenvalue weighted by Gasteiger charge is 2.46. The Morgan fingerprint density at radius 3 is 2.79 bits per heavy atom. The number of hydrogen-bond acceptors (Lipinski definition) is 7. The zero-order valence-corrected chi connectivity index (χ0v) is 19.7. The number of aromatic nitrogens is 1. The molecule has 2 aromatic heterocycles. The van der Waals surface area contributed by atoms with Gasteiger partial charge in [-0.05, 0) is 54.3 Å². The molecule has 1 atom stereocenters. The van der Waals surface area contributed by atoms with Crippen LogP contribution in [0.2, 0.25) is 5.02 Å². The third-order valence-electron chi connectivity index (χ3n) is 5.23. The maximum absolute atomic E-state index is 13.3. The van der Waals surface area contributed by atoms with Crippen LogP contribution in [0.5, 0.6) is 5.75 Å². The number of hydrogen-bond donors (Lipinski definition) is 1. The van der Waals surface area contributed by atoms with E-state index in [-0.39, 0.29) is 5.57 Å². The van der Waals surface area contributed by atoms with Crippen LogP contribution in [-0.2, 0) is 4.79 Å². The van der Waals surface area contributed by atoms with Crippen molar-refractivity contribution in [1.29, 1.82) is 0 Å². The largest absolute Gasteiger partial charge is 0.503 e.